The normalized spacial score (nSPS) is 10.9. The number of rotatable bonds is 6. The zero-order valence-corrected chi connectivity index (χ0v) is 13.2. The van der Waals surface area contributed by atoms with Crippen LogP contribution >= 0.6 is 11.6 Å². The van der Waals surface area contributed by atoms with Crippen LogP contribution < -0.4 is 4.74 Å². The van der Waals surface area contributed by atoms with E-state index in [1.165, 1.54) is 0 Å². The molecular formula is C16H19ClN2O2. The van der Waals surface area contributed by atoms with E-state index in [9.17, 15) is 0 Å². The standard InChI is InChI=1S/C16H19ClN2O2/c1-11(2)16-18-9-15(14(8-17)19-16)21-13-6-4-5-12(7-13)10-20-3/h4-7,9,11H,8,10H2,1-3H3. The van der Waals surface area contributed by atoms with Crippen molar-refractivity contribution in [2.75, 3.05) is 7.11 Å². The lowest BCUT2D eigenvalue weighted by atomic mass is 10.2. The molecule has 0 aliphatic heterocycles. The number of benzene rings is 1. The van der Waals surface area contributed by atoms with Crippen LogP contribution in [0.5, 0.6) is 11.5 Å². The van der Waals surface area contributed by atoms with E-state index in [1.54, 1.807) is 13.3 Å². The minimum atomic E-state index is 0.256. The Morgan fingerprint density at radius 1 is 1.29 bits per heavy atom. The van der Waals surface area contributed by atoms with Crippen LogP contribution in [0.1, 0.15) is 36.8 Å². The van der Waals surface area contributed by atoms with Gasteiger partial charge in [-0.05, 0) is 17.7 Å². The van der Waals surface area contributed by atoms with Crippen molar-refractivity contribution in [3.8, 4) is 11.5 Å². The van der Waals surface area contributed by atoms with Crippen molar-refractivity contribution in [3.63, 3.8) is 0 Å². The summed E-state index contributed by atoms with van der Waals surface area (Å²) in [4.78, 5) is 8.78. The van der Waals surface area contributed by atoms with E-state index >= 15 is 0 Å². The Kier molecular flexibility index (Phi) is 5.53. The van der Waals surface area contributed by atoms with Gasteiger partial charge in [-0.1, -0.05) is 26.0 Å². The predicted molar refractivity (Wildman–Crippen MR) is 82.9 cm³/mol. The Labute approximate surface area is 130 Å². The number of nitrogens with zero attached hydrogens (tertiary/aromatic N) is 2. The zero-order chi connectivity index (χ0) is 15.2. The molecule has 0 bridgehead atoms. The summed E-state index contributed by atoms with van der Waals surface area (Å²) in [5.74, 6) is 2.62. The molecule has 0 spiro atoms. The first-order chi connectivity index (χ1) is 10.1. The average molecular weight is 307 g/mol. The van der Waals surface area contributed by atoms with Crippen LogP contribution in [0.15, 0.2) is 30.5 Å². The van der Waals surface area contributed by atoms with Crippen LogP contribution in [0.3, 0.4) is 0 Å². The molecule has 0 radical (unpaired) electrons. The molecule has 0 N–H and O–H groups in total. The lowest BCUT2D eigenvalue weighted by molar-refractivity contribution is 0.184. The van der Waals surface area contributed by atoms with Crippen molar-refractivity contribution in [2.24, 2.45) is 0 Å². The third-order valence-electron chi connectivity index (χ3n) is 2.93. The van der Waals surface area contributed by atoms with E-state index in [0.29, 0.717) is 18.1 Å². The first-order valence-electron chi connectivity index (χ1n) is 6.81. The molecule has 112 valence electrons. The highest BCUT2D eigenvalue weighted by Gasteiger charge is 2.11. The highest BCUT2D eigenvalue weighted by molar-refractivity contribution is 6.17. The van der Waals surface area contributed by atoms with Gasteiger partial charge in [-0.2, -0.15) is 0 Å². The van der Waals surface area contributed by atoms with Gasteiger partial charge in [0.05, 0.1) is 18.7 Å². The molecule has 1 aromatic heterocycles. The smallest absolute Gasteiger partial charge is 0.168 e. The molecule has 0 aliphatic rings. The molecule has 0 unspecified atom stereocenters. The van der Waals surface area contributed by atoms with Crippen molar-refractivity contribution in [2.45, 2.75) is 32.3 Å². The maximum atomic E-state index is 5.97. The van der Waals surface area contributed by atoms with E-state index in [-0.39, 0.29) is 11.8 Å². The zero-order valence-electron chi connectivity index (χ0n) is 12.5. The summed E-state index contributed by atoms with van der Waals surface area (Å²) in [6, 6.07) is 7.72. The number of hydrogen-bond acceptors (Lipinski definition) is 4. The third-order valence-corrected chi connectivity index (χ3v) is 3.18. The Morgan fingerprint density at radius 3 is 2.76 bits per heavy atom. The van der Waals surface area contributed by atoms with Gasteiger partial charge in [-0.15, -0.1) is 11.6 Å². The fraction of sp³-hybridized carbons (Fsp3) is 0.375. The van der Waals surface area contributed by atoms with Gasteiger partial charge in [0, 0.05) is 13.0 Å². The van der Waals surface area contributed by atoms with E-state index in [0.717, 1.165) is 17.1 Å². The van der Waals surface area contributed by atoms with E-state index < -0.39 is 0 Å². The van der Waals surface area contributed by atoms with Gasteiger partial charge >= 0.3 is 0 Å². The van der Waals surface area contributed by atoms with Crippen LogP contribution in [-0.4, -0.2) is 17.1 Å². The largest absolute Gasteiger partial charge is 0.454 e. The number of alkyl halides is 1. The van der Waals surface area contributed by atoms with Gasteiger partial charge in [0.25, 0.3) is 0 Å². The topological polar surface area (TPSA) is 44.2 Å². The predicted octanol–water partition coefficient (Wildman–Crippen LogP) is 4.28. The van der Waals surface area contributed by atoms with Gasteiger partial charge in [0.15, 0.2) is 5.75 Å². The second-order valence-corrected chi connectivity index (χ2v) is 5.28. The lowest BCUT2D eigenvalue weighted by Crippen LogP contribution is -2.02. The summed E-state index contributed by atoms with van der Waals surface area (Å²) in [7, 11) is 1.66. The minimum absolute atomic E-state index is 0.256. The van der Waals surface area contributed by atoms with Gasteiger partial charge in [-0.25, -0.2) is 9.97 Å². The Hall–Kier alpha value is -1.65. The molecule has 1 aromatic carbocycles. The summed E-state index contributed by atoms with van der Waals surface area (Å²) in [5.41, 5.74) is 1.75. The Bertz CT molecular complexity index is 603. The molecule has 21 heavy (non-hydrogen) atoms. The van der Waals surface area contributed by atoms with Crippen LogP contribution in [0.2, 0.25) is 0 Å². The molecule has 0 saturated heterocycles. The summed E-state index contributed by atoms with van der Waals surface area (Å²) >= 11 is 5.97. The number of ether oxygens (including phenoxy) is 2. The molecule has 2 aromatic rings. The fourth-order valence-electron chi connectivity index (χ4n) is 1.87. The molecule has 0 atom stereocenters. The van der Waals surface area contributed by atoms with Crippen molar-refractivity contribution >= 4 is 11.6 Å². The van der Waals surface area contributed by atoms with Crippen molar-refractivity contribution < 1.29 is 9.47 Å². The first kappa shape index (κ1) is 15.7. The van der Waals surface area contributed by atoms with Crippen LogP contribution in [0.4, 0.5) is 0 Å². The monoisotopic (exact) mass is 306 g/mol. The fourth-order valence-corrected chi connectivity index (χ4v) is 2.06. The number of halogens is 1. The Balaban J connectivity index is 2.24. The Morgan fingerprint density at radius 2 is 2.10 bits per heavy atom. The minimum Gasteiger partial charge on any atom is -0.454 e. The summed E-state index contributed by atoms with van der Waals surface area (Å²) in [6.07, 6.45) is 1.68. The molecule has 2 rings (SSSR count). The molecule has 5 heteroatoms. The molecule has 1 heterocycles. The SMILES string of the molecule is COCc1cccc(Oc2cnc(C(C)C)nc2CCl)c1. The van der Waals surface area contributed by atoms with Gasteiger partial charge < -0.3 is 9.47 Å². The van der Waals surface area contributed by atoms with Crippen molar-refractivity contribution in [3.05, 3.63) is 47.5 Å². The third kappa shape index (κ3) is 4.16. The van der Waals surface area contributed by atoms with Gasteiger partial charge in [0.2, 0.25) is 0 Å². The van der Waals surface area contributed by atoms with Crippen LogP contribution in [0, 0.1) is 0 Å². The maximum Gasteiger partial charge on any atom is 0.168 e. The molecule has 0 fully saturated rings. The molecule has 0 saturated carbocycles. The highest BCUT2D eigenvalue weighted by atomic mass is 35.5. The number of hydrogen-bond donors (Lipinski definition) is 0. The summed E-state index contributed by atoms with van der Waals surface area (Å²) in [6.45, 7) is 4.63. The molecule has 0 aliphatic carbocycles. The van der Waals surface area contributed by atoms with E-state index in [4.69, 9.17) is 21.1 Å². The van der Waals surface area contributed by atoms with Gasteiger partial charge in [0.1, 0.15) is 17.3 Å². The molecular weight excluding hydrogens is 288 g/mol. The second-order valence-electron chi connectivity index (χ2n) is 5.01. The number of aromatic nitrogens is 2. The molecule has 4 nitrogen and oxygen atoms in total. The first-order valence-corrected chi connectivity index (χ1v) is 7.35. The van der Waals surface area contributed by atoms with E-state index in [2.05, 4.69) is 9.97 Å². The van der Waals surface area contributed by atoms with Crippen LogP contribution in [0.25, 0.3) is 0 Å². The van der Waals surface area contributed by atoms with Crippen LogP contribution in [-0.2, 0) is 17.2 Å². The molecule has 0 amide bonds. The summed E-state index contributed by atoms with van der Waals surface area (Å²) in [5, 5.41) is 0. The summed E-state index contributed by atoms with van der Waals surface area (Å²) < 4.78 is 11.0. The highest BCUT2D eigenvalue weighted by Crippen LogP contribution is 2.26. The van der Waals surface area contributed by atoms with Crippen molar-refractivity contribution in [1.82, 2.24) is 9.97 Å². The lowest BCUT2D eigenvalue weighted by Gasteiger charge is -2.12. The van der Waals surface area contributed by atoms with Crippen molar-refractivity contribution in [1.29, 1.82) is 0 Å². The number of methoxy groups -OCH3 is 1. The average Bonchev–Trinajstić information content (AvgIpc) is 2.48. The van der Waals surface area contributed by atoms with Gasteiger partial charge in [-0.3, -0.25) is 0 Å². The maximum absolute atomic E-state index is 5.97. The quantitative estimate of drug-likeness (QED) is 0.747. The van der Waals surface area contributed by atoms with E-state index in [1.807, 2.05) is 38.1 Å². The second kappa shape index (κ2) is 7.38.